The van der Waals surface area contributed by atoms with Gasteiger partial charge in [-0.3, -0.25) is 0 Å². The first kappa shape index (κ1) is 17.5. The van der Waals surface area contributed by atoms with Gasteiger partial charge in [-0.05, 0) is 41.8 Å². The minimum atomic E-state index is -0.342. The monoisotopic (exact) mass is 443 g/mol. The number of thiazole rings is 1. The lowest BCUT2D eigenvalue weighted by atomic mass is 10.2. The van der Waals surface area contributed by atoms with E-state index in [1.165, 1.54) is 17.4 Å². The van der Waals surface area contributed by atoms with Gasteiger partial charge in [-0.1, -0.05) is 39.7 Å². The van der Waals surface area contributed by atoms with Gasteiger partial charge in [0.15, 0.2) is 5.13 Å². The van der Waals surface area contributed by atoms with Crippen LogP contribution in [0.1, 0.15) is 5.56 Å². The van der Waals surface area contributed by atoms with Gasteiger partial charge in [-0.15, -0.1) is 11.3 Å². The van der Waals surface area contributed by atoms with Crippen molar-refractivity contribution in [1.29, 1.82) is 0 Å². The van der Waals surface area contributed by atoms with Crippen LogP contribution in [-0.4, -0.2) is 4.98 Å². The Morgan fingerprint density at radius 2 is 2.17 bits per heavy atom. The van der Waals surface area contributed by atoms with E-state index in [1.54, 1.807) is 12.3 Å². The highest BCUT2D eigenvalue weighted by molar-refractivity contribution is 9.10. The van der Waals surface area contributed by atoms with Crippen molar-refractivity contribution < 1.29 is 4.39 Å². The van der Waals surface area contributed by atoms with Crippen LogP contribution in [0.3, 0.4) is 0 Å². The van der Waals surface area contributed by atoms with Crippen molar-refractivity contribution >= 4 is 61.6 Å². The number of rotatable bonds is 6. The molecule has 0 radical (unpaired) electrons. The fourth-order valence-electron chi connectivity index (χ4n) is 1.96. The Labute approximate surface area is 160 Å². The van der Waals surface area contributed by atoms with Gasteiger partial charge in [0.1, 0.15) is 5.82 Å². The number of hydrogen-bond donors (Lipinski definition) is 2. The van der Waals surface area contributed by atoms with Gasteiger partial charge in [0.05, 0.1) is 15.6 Å². The van der Waals surface area contributed by atoms with E-state index in [1.807, 2.05) is 29.6 Å². The third-order valence-electron chi connectivity index (χ3n) is 3.07. The van der Waals surface area contributed by atoms with Crippen LogP contribution in [0, 0.1) is 5.82 Å². The summed E-state index contributed by atoms with van der Waals surface area (Å²) in [6.07, 6.45) is 1.69. The van der Waals surface area contributed by atoms with Crippen molar-refractivity contribution in [3.63, 3.8) is 0 Å². The van der Waals surface area contributed by atoms with Crippen molar-refractivity contribution in [2.45, 2.75) is 11.4 Å². The van der Waals surface area contributed by atoms with E-state index >= 15 is 0 Å². The van der Waals surface area contributed by atoms with Crippen LogP contribution in [0.5, 0.6) is 0 Å². The van der Waals surface area contributed by atoms with Crippen LogP contribution in [-0.2, 0) is 6.54 Å². The van der Waals surface area contributed by atoms with E-state index in [0.717, 1.165) is 22.0 Å². The fraction of sp³-hybridized carbons (Fsp3) is 0.0625. The zero-order valence-electron chi connectivity index (χ0n) is 12.2. The van der Waals surface area contributed by atoms with E-state index in [0.29, 0.717) is 27.3 Å². The Morgan fingerprint density at radius 3 is 2.92 bits per heavy atom. The summed E-state index contributed by atoms with van der Waals surface area (Å²) in [6, 6.07) is 10.9. The maximum atomic E-state index is 14.3. The zero-order chi connectivity index (χ0) is 16.9. The fourth-order valence-corrected chi connectivity index (χ4v) is 3.97. The predicted octanol–water partition coefficient (Wildman–Crippen LogP) is 6.43. The highest BCUT2D eigenvalue weighted by Crippen LogP contribution is 2.32. The van der Waals surface area contributed by atoms with E-state index in [9.17, 15) is 4.39 Å². The second-order valence-corrected chi connectivity index (χ2v) is 7.85. The molecule has 0 aliphatic heterocycles. The first-order chi connectivity index (χ1) is 11.6. The molecule has 0 unspecified atom stereocenters. The van der Waals surface area contributed by atoms with Gasteiger partial charge >= 0.3 is 0 Å². The molecule has 3 nitrogen and oxygen atoms in total. The Kier molecular flexibility index (Phi) is 5.99. The molecule has 1 heterocycles. The van der Waals surface area contributed by atoms with Crippen LogP contribution < -0.4 is 10.0 Å². The number of nitrogens with zero attached hydrogens (tertiary/aromatic N) is 1. The third-order valence-corrected chi connectivity index (χ3v) is 5.53. The first-order valence-electron chi connectivity index (χ1n) is 6.91. The molecule has 0 fully saturated rings. The largest absolute Gasteiger partial charge is 0.380 e. The molecule has 0 aliphatic rings. The molecule has 24 heavy (non-hydrogen) atoms. The van der Waals surface area contributed by atoms with Crippen LogP contribution in [0.2, 0.25) is 5.02 Å². The summed E-state index contributed by atoms with van der Waals surface area (Å²) < 4.78 is 18.3. The molecule has 0 amide bonds. The van der Waals surface area contributed by atoms with Crippen molar-refractivity contribution in [3.05, 3.63) is 68.9 Å². The number of halogens is 3. The normalized spacial score (nSPS) is 10.6. The molecule has 0 aliphatic carbocycles. The molecule has 0 atom stereocenters. The Hall–Kier alpha value is -1.28. The highest BCUT2D eigenvalue weighted by atomic mass is 79.9. The summed E-state index contributed by atoms with van der Waals surface area (Å²) in [5.41, 5.74) is 1.64. The van der Waals surface area contributed by atoms with Gasteiger partial charge in [-0.25, -0.2) is 9.37 Å². The van der Waals surface area contributed by atoms with Crippen LogP contribution in [0.15, 0.2) is 57.3 Å². The molecule has 2 aromatic carbocycles. The molecule has 0 saturated carbocycles. The van der Waals surface area contributed by atoms with Crippen LogP contribution >= 0.6 is 50.8 Å². The SMILES string of the molecule is Fc1cc(NCc2cccc(Br)c2)c(Cl)cc1SNc1nccs1. The van der Waals surface area contributed by atoms with Gasteiger partial charge in [0.2, 0.25) is 0 Å². The molecule has 0 bridgehead atoms. The molecular weight excluding hydrogens is 433 g/mol. The van der Waals surface area contributed by atoms with E-state index in [4.69, 9.17) is 11.6 Å². The molecule has 0 saturated heterocycles. The standard InChI is InChI=1S/C16H12BrClFN3S2/c17-11-3-1-2-10(6-11)9-21-14-8-13(19)15(7-12(14)18)24-22-16-20-4-5-23-16/h1-8,21H,9H2,(H,20,22). The number of benzene rings is 2. The quantitative estimate of drug-likeness (QED) is 0.430. The topological polar surface area (TPSA) is 37.0 Å². The third kappa shape index (κ3) is 4.63. The Bertz CT molecular complexity index is 830. The molecule has 124 valence electrons. The average molecular weight is 445 g/mol. The summed E-state index contributed by atoms with van der Waals surface area (Å²) in [7, 11) is 0. The van der Waals surface area contributed by atoms with Gasteiger partial charge in [0, 0.05) is 22.6 Å². The van der Waals surface area contributed by atoms with Crippen molar-refractivity contribution in [1.82, 2.24) is 4.98 Å². The van der Waals surface area contributed by atoms with Crippen molar-refractivity contribution in [3.8, 4) is 0 Å². The van der Waals surface area contributed by atoms with E-state index < -0.39 is 0 Å². The molecule has 1 aromatic heterocycles. The summed E-state index contributed by atoms with van der Waals surface area (Å²) in [5, 5.41) is 6.19. The van der Waals surface area contributed by atoms with Gasteiger partial charge < -0.3 is 10.0 Å². The molecular formula is C16H12BrClFN3S2. The van der Waals surface area contributed by atoms with Crippen molar-refractivity contribution in [2.75, 3.05) is 10.0 Å². The second kappa shape index (κ2) is 8.20. The average Bonchev–Trinajstić information content (AvgIpc) is 3.07. The number of aromatic nitrogens is 1. The molecule has 3 aromatic rings. The van der Waals surface area contributed by atoms with E-state index in [2.05, 4.69) is 31.0 Å². The minimum absolute atomic E-state index is 0.342. The van der Waals surface area contributed by atoms with Gasteiger partial charge in [-0.2, -0.15) is 0 Å². The Morgan fingerprint density at radius 1 is 1.29 bits per heavy atom. The molecule has 2 N–H and O–H groups in total. The zero-order valence-corrected chi connectivity index (χ0v) is 16.2. The summed E-state index contributed by atoms with van der Waals surface area (Å²) in [5.74, 6) is -0.342. The van der Waals surface area contributed by atoms with Gasteiger partial charge in [0.25, 0.3) is 0 Å². The number of hydrogen-bond acceptors (Lipinski definition) is 5. The second-order valence-electron chi connectivity index (χ2n) is 4.79. The number of anilines is 2. The number of nitrogens with one attached hydrogen (secondary N) is 2. The maximum absolute atomic E-state index is 14.3. The molecule has 3 rings (SSSR count). The molecule has 8 heteroatoms. The Balaban J connectivity index is 1.67. The maximum Gasteiger partial charge on any atom is 0.192 e. The van der Waals surface area contributed by atoms with Crippen molar-refractivity contribution in [2.24, 2.45) is 0 Å². The first-order valence-corrected chi connectivity index (χ1v) is 9.78. The van der Waals surface area contributed by atoms with E-state index in [-0.39, 0.29) is 5.82 Å². The summed E-state index contributed by atoms with van der Waals surface area (Å²) in [4.78, 5) is 4.51. The highest BCUT2D eigenvalue weighted by Gasteiger charge is 2.10. The smallest absolute Gasteiger partial charge is 0.192 e. The predicted molar refractivity (Wildman–Crippen MR) is 104 cm³/mol. The summed E-state index contributed by atoms with van der Waals surface area (Å²) in [6.45, 7) is 0.558. The lowest BCUT2D eigenvalue weighted by Crippen LogP contribution is -2.01. The minimum Gasteiger partial charge on any atom is -0.380 e. The summed E-state index contributed by atoms with van der Waals surface area (Å²) >= 11 is 12.3. The lowest BCUT2D eigenvalue weighted by Gasteiger charge is -2.11. The molecule has 0 spiro atoms. The van der Waals surface area contributed by atoms with Crippen LogP contribution in [0.25, 0.3) is 0 Å². The lowest BCUT2D eigenvalue weighted by molar-refractivity contribution is 0.602. The van der Waals surface area contributed by atoms with Crippen LogP contribution in [0.4, 0.5) is 15.2 Å².